The number of piperazine rings is 1. The molecule has 6 heteroatoms. The van der Waals surface area contributed by atoms with E-state index in [0.717, 1.165) is 51.6 Å². The Labute approximate surface area is 129 Å². The first-order chi connectivity index (χ1) is 10.1. The lowest BCUT2D eigenvalue weighted by Crippen LogP contribution is -2.54. The van der Waals surface area contributed by atoms with Crippen molar-refractivity contribution in [1.29, 1.82) is 0 Å². The summed E-state index contributed by atoms with van der Waals surface area (Å²) in [4.78, 5) is 2.42. The van der Waals surface area contributed by atoms with Crippen LogP contribution in [0.2, 0.25) is 0 Å². The molecule has 2 N–H and O–H groups in total. The zero-order valence-corrected chi connectivity index (χ0v) is 14.2. The topological polar surface area (TPSA) is 66.6 Å². The van der Waals surface area contributed by atoms with Crippen molar-refractivity contribution >= 4 is 10.0 Å². The van der Waals surface area contributed by atoms with Crippen molar-refractivity contribution in [2.45, 2.75) is 63.2 Å². The van der Waals surface area contributed by atoms with Crippen molar-refractivity contribution in [3.05, 3.63) is 0 Å². The van der Waals surface area contributed by atoms with Gasteiger partial charge in [-0.1, -0.05) is 26.2 Å². The van der Waals surface area contributed by atoms with Crippen LogP contribution in [0.5, 0.6) is 0 Å². The largest absolute Gasteiger partial charge is 0.330 e. The maximum absolute atomic E-state index is 12.7. The van der Waals surface area contributed by atoms with Crippen molar-refractivity contribution in [1.82, 2.24) is 9.21 Å². The third-order valence-electron chi connectivity index (χ3n) is 5.09. The summed E-state index contributed by atoms with van der Waals surface area (Å²) in [5, 5.41) is -0.121. The van der Waals surface area contributed by atoms with Gasteiger partial charge in [-0.2, -0.15) is 4.31 Å². The van der Waals surface area contributed by atoms with Gasteiger partial charge in [-0.15, -0.1) is 0 Å². The van der Waals surface area contributed by atoms with E-state index in [1.54, 1.807) is 4.31 Å². The van der Waals surface area contributed by atoms with Gasteiger partial charge in [-0.3, -0.25) is 4.90 Å². The minimum Gasteiger partial charge on any atom is -0.330 e. The van der Waals surface area contributed by atoms with Crippen LogP contribution in [0.3, 0.4) is 0 Å². The fourth-order valence-electron chi connectivity index (χ4n) is 3.73. The molecule has 0 aromatic rings. The number of nitrogens with two attached hydrogens (primary N) is 1. The lowest BCUT2D eigenvalue weighted by molar-refractivity contribution is 0.128. The van der Waals surface area contributed by atoms with Gasteiger partial charge in [0.15, 0.2) is 0 Å². The van der Waals surface area contributed by atoms with Gasteiger partial charge in [-0.05, 0) is 32.2 Å². The zero-order chi connectivity index (χ0) is 15.3. The Kier molecular flexibility index (Phi) is 6.47. The average molecular weight is 317 g/mol. The molecule has 0 aromatic heterocycles. The van der Waals surface area contributed by atoms with E-state index in [1.165, 1.54) is 6.42 Å². The quantitative estimate of drug-likeness (QED) is 0.804. The Morgan fingerprint density at radius 2 is 1.71 bits per heavy atom. The highest BCUT2D eigenvalue weighted by Crippen LogP contribution is 2.27. The summed E-state index contributed by atoms with van der Waals surface area (Å²) in [5.41, 5.74) is 5.67. The highest BCUT2D eigenvalue weighted by molar-refractivity contribution is 7.89. The molecule has 1 unspecified atom stereocenters. The minimum absolute atomic E-state index is 0.121. The van der Waals surface area contributed by atoms with Crippen LogP contribution in [-0.2, 0) is 10.0 Å². The number of hydrogen-bond acceptors (Lipinski definition) is 4. The molecule has 2 aliphatic rings. The molecule has 0 aromatic carbocycles. The first-order valence-corrected chi connectivity index (χ1v) is 10.0. The smallest absolute Gasteiger partial charge is 0.217 e. The van der Waals surface area contributed by atoms with Gasteiger partial charge < -0.3 is 5.73 Å². The summed E-state index contributed by atoms with van der Waals surface area (Å²) < 4.78 is 27.1. The van der Waals surface area contributed by atoms with E-state index in [1.807, 2.05) is 0 Å². The van der Waals surface area contributed by atoms with Gasteiger partial charge in [0.25, 0.3) is 0 Å². The molecule has 5 nitrogen and oxygen atoms in total. The predicted octanol–water partition coefficient (Wildman–Crippen LogP) is 1.39. The van der Waals surface area contributed by atoms with E-state index in [-0.39, 0.29) is 5.25 Å². The molecule has 1 atom stereocenters. The van der Waals surface area contributed by atoms with Gasteiger partial charge in [0.1, 0.15) is 0 Å². The van der Waals surface area contributed by atoms with Crippen molar-refractivity contribution in [2.24, 2.45) is 5.73 Å². The molecule has 1 aliphatic carbocycles. The molecule has 0 amide bonds. The summed E-state index contributed by atoms with van der Waals surface area (Å²) in [5.74, 6) is 0. The third-order valence-corrected chi connectivity index (χ3v) is 7.49. The SMILES string of the molecule is CCC(CCN)N1CCN(S(=O)(=O)C2CCCCC2)CC1. The number of nitrogens with zero attached hydrogens (tertiary/aromatic N) is 2. The number of sulfonamides is 1. The number of rotatable bonds is 6. The van der Waals surface area contributed by atoms with Gasteiger partial charge in [0.2, 0.25) is 10.0 Å². The molecular weight excluding hydrogens is 286 g/mol. The van der Waals surface area contributed by atoms with Crippen LogP contribution < -0.4 is 5.73 Å². The van der Waals surface area contributed by atoms with Crippen molar-refractivity contribution in [2.75, 3.05) is 32.7 Å². The van der Waals surface area contributed by atoms with Gasteiger partial charge >= 0.3 is 0 Å². The first kappa shape index (κ1) is 17.2. The standard InChI is InChI=1S/C15H31N3O2S/c1-2-14(8-9-16)17-10-12-18(13-11-17)21(19,20)15-6-4-3-5-7-15/h14-15H,2-13,16H2,1H3. The Hall–Kier alpha value is -0.170. The van der Waals surface area contributed by atoms with Gasteiger partial charge in [0, 0.05) is 32.2 Å². The molecular formula is C15H31N3O2S. The molecule has 1 saturated heterocycles. The second-order valence-electron chi connectivity index (χ2n) is 6.38. The summed E-state index contributed by atoms with van der Waals surface area (Å²) in [7, 11) is -3.07. The molecule has 1 aliphatic heterocycles. The molecule has 0 spiro atoms. The van der Waals surface area contributed by atoms with E-state index < -0.39 is 10.0 Å². The van der Waals surface area contributed by atoms with Crippen LogP contribution in [-0.4, -0.2) is 61.6 Å². The molecule has 21 heavy (non-hydrogen) atoms. The van der Waals surface area contributed by atoms with Crippen LogP contribution >= 0.6 is 0 Å². The lowest BCUT2D eigenvalue weighted by atomic mass is 10.0. The maximum atomic E-state index is 12.7. The van der Waals surface area contributed by atoms with E-state index in [4.69, 9.17) is 5.73 Å². The second kappa shape index (κ2) is 7.90. The van der Waals surface area contributed by atoms with Crippen molar-refractivity contribution < 1.29 is 8.42 Å². The zero-order valence-electron chi connectivity index (χ0n) is 13.3. The van der Waals surface area contributed by atoms with Crippen molar-refractivity contribution in [3.63, 3.8) is 0 Å². The Balaban J connectivity index is 1.90. The van der Waals surface area contributed by atoms with Crippen LogP contribution in [0.15, 0.2) is 0 Å². The van der Waals surface area contributed by atoms with E-state index in [2.05, 4.69) is 11.8 Å². The molecule has 2 rings (SSSR count). The molecule has 0 radical (unpaired) electrons. The first-order valence-electron chi connectivity index (χ1n) is 8.52. The molecule has 2 fully saturated rings. The summed E-state index contributed by atoms with van der Waals surface area (Å²) in [6.45, 7) is 5.90. The molecule has 1 heterocycles. The molecule has 0 bridgehead atoms. The van der Waals surface area contributed by atoms with E-state index >= 15 is 0 Å². The Morgan fingerprint density at radius 1 is 1.10 bits per heavy atom. The maximum Gasteiger partial charge on any atom is 0.217 e. The van der Waals surface area contributed by atoms with Crippen molar-refractivity contribution in [3.8, 4) is 0 Å². The van der Waals surface area contributed by atoms with Crippen LogP contribution in [0, 0.1) is 0 Å². The molecule has 1 saturated carbocycles. The predicted molar refractivity (Wildman–Crippen MR) is 86.7 cm³/mol. The Bertz CT molecular complexity index is 399. The number of hydrogen-bond donors (Lipinski definition) is 1. The van der Waals surface area contributed by atoms with Gasteiger partial charge in [0.05, 0.1) is 5.25 Å². The Morgan fingerprint density at radius 3 is 2.24 bits per heavy atom. The van der Waals surface area contributed by atoms with Crippen LogP contribution in [0.1, 0.15) is 51.9 Å². The fraction of sp³-hybridized carbons (Fsp3) is 1.00. The third kappa shape index (κ3) is 4.18. The van der Waals surface area contributed by atoms with Crippen LogP contribution in [0.4, 0.5) is 0 Å². The minimum atomic E-state index is -3.07. The summed E-state index contributed by atoms with van der Waals surface area (Å²) in [6, 6.07) is 0.509. The molecule has 124 valence electrons. The second-order valence-corrected chi connectivity index (χ2v) is 8.59. The van der Waals surface area contributed by atoms with Crippen LogP contribution in [0.25, 0.3) is 0 Å². The summed E-state index contributed by atoms with van der Waals surface area (Å²) >= 11 is 0. The normalized spacial score (nSPS) is 25.0. The van der Waals surface area contributed by atoms with Gasteiger partial charge in [-0.25, -0.2) is 8.42 Å². The van der Waals surface area contributed by atoms with E-state index in [0.29, 0.717) is 25.7 Å². The monoisotopic (exact) mass is 317 g/mol. The average Bonchev–Trinajstić information content (AvgIpc) is 2.53. The summed E-state index contributed by atoms with van der Waals surface area (Å²) in [6.07, 6.45) is 7.13. The highest BCUT2D eigenvalue weighted by atomic mass is 32.2. The van der Waals surface area contributed by atoms with E-state index in [9.17, 15) is 8.42 Å². The lowest BCUT2D eigenvalue weighted by Gasteiger charge is -2.40. The highest BCUT2D eigenvalue weighted by Gasteiger charge is 2.35. The fourth-order valence-corrected chi connectivity index (χ4v) is 5.76.